The molecule has 0 aromatic heterocycles. The van der Waals surface area contributed by atoms with Gasteiger partial charge in [0.1, 0.15) is 0 Å². The summed E-state index contributed by atoms with van der Waals surface area (Å²) in [4.78, 5) is 60.3. The molecule has 0 aromatic carbocycles. The van der Waals surface area contributed by atoms with Gasteiger partial charge in [-0.3, -0.25) is 28.9 Å². The molecule has 0 radical (unpaired) electrons. The first-order valence-corrected chi connectivity index (χ1v) is 12.9. The van der Waals surface area contributed by atoms with E-state index in [0.29, 0.717) is 23.0 Å². The van der Waals surface area contributed by atoms with Crippen LogP contribution in [0, 0.1) is 0 Å². The van der Waals surface area contributed by atoms with Crippen molar-refractivity contribution in [3.05, 3.63) is 0 Å². The molecule has 1 aliphatic heterocycles. The summed E-state index contributed by atoms with van der Waals surface area (Å²) in [5, 5.41) is -0.580. The van der Waals surface area contributed by atoms with Crippen LogP contribution in [0.2, 0.25) is 0 Å². The molecule has 1 saturated heterocycles. The van der Waals surface area contributed by atoms with Gasteiger partial charge in [0.2, 0.25) is 11.8 Å². The van der Waals surface area contributed by atoms with E-state index in [1.165, 1.54) is 61.5 Å². The van der Waals surface area contributed by atoms with Crippen LogP contribution < -0.4 is 0 Å². The lowest BCUT2D eigenvalue weighted by molar-refractivity contribution is -0.141. The van der Waals surface area contributed by atoms with Gasteiger partial charge in [0.25, 0.3) is 0 Å². The van der Waals surface area contributed by atoms with Crippen LogP contribution in [0.3, 0.4) is 0 Å². The Kier molecular flexibility index (Phi) is 13.7. The van der Waals surface area contributed by atoms with Crippen molar-refractivity contribution in [2.24, 2.45) is 0 Å². The zero-order chi connectivity index (χ0) is 23.2. The Morgan fingerprint density at radius 3 is 2.06 bits per heavy atom. The number of thioether (sulfide) groups is 3. The quantitative estimate of drug-likeness (QED) is 0.142. The van der Waals surface area contributed by atoms with Gasteiger partial charge in [0, 0.05) is 41.2 Å². The first-order valence-electron chi connectivity index (χ1n) is 9.67. The summed E-state index contributed by atoms with van der Waals surface area (Å²) in [5.74, 6) is 0.630. The average molecular weight is 496 g/mol. The van der Waals surface area contributed by atoms with Gasteiger partial charge >= 0.3 is 17.9 Å². The van der Waals surface area contributed by atoms with Crippen molar-refractivity contribution in [1.82, 2.24) is 4.90 Å². The van der Waals surface area contributed by atoms with Crippen LogP contribution in [-0.2, 0) is 38.2 Å². The molecule has 0 bridgehead atoms. The second kappa shape index (κ2) is 15.4. The molecule has 1 rings (SSSR count). The van der Waals surface area contributed by atoms with Crippen molar-refractivity contribution < 1.29 is 38.2 Å². The molecular weight excluding hydrogens is 466 g/mol. The Bertz CT molecular complexity index is 646. The monoisotopic (exact) mass is 495 g/mol. The molecule has 0 saturated carbocycles. The third kappa shape index (κ3) is 10.6. The number of hydrogen-bond donors (Lipinski definition) is 0. The second-order valence-electron chi connectivity index (χ2n) is 6.45. The second-order valence-corrected chi connectivity index (χ2v) is 10.3. The molecule has 0 aromatic rings. The van der Waals surface area contributed by atoms with Gasteiger partial charge in [-0.15, -0.1) is 11.8 Å². The number of rotatable bonds is 15. The van der Waals surface area contributed by atoms with Crippen molar-refractivity contribution in [3.63, 3.8) is 0 Å². The molecule has 2 amide bonds. The highest BCUT2D eigenvalue weighted by atomic mass is 32.2. The highest BCUT2D eigenvalue weighted by Gasteiger charge is 2.39. The zero-order valence-corrected chi connectivity index (χ0v) is 20.4. The first-order chi connectivity index (χ1) is 14.8. The molecule has 1 fully saturated rings. The number of likely N-dealkylation sites (tertiary alicyclic amines) is 1. The summed E-state index contributed by atoms with van der Waals surface area (Å²) >= 11 is 4.31. The van der Waals surface area contributed by atoms with Gasteiger partial charge < -0.3 is 14.2 Å². The molecule has 0 aliphatic carbocycles. The molecular formula is C19H29NO8S3. The maximum Gasteiger partial charge on any atom is 0.306 e. The van der Waals surface area contributed by atoms with E-state index in [-0.39, 0.29) is 67.2 Å². The third-order valence-electron chi connectivity index (χ3n) is 4.31. The number of amides is 2. The summed E-state index contributed by atoms with van der Waals surface area (Å²) in [7, 11) is 3.97. The Hall–Kier alpha value is -1.40. The molecule has 31 heavy (non-hydrogen) atoms. The van der Waals surface area contributed by atoms with Crippen LogP contribution in [0.15, 0.2) is 0 Å². The Morgan fingerprint density at radius 1 is 0.935 bits per heavy atom. The number of ether oxygens (including phenoxy) is 3. The van der Waals surface area contributed by atoms with Gasteiger partial charge in [-0.2, -0.15) is 23.5 Å². The molecule has 176 valence electrons. The highest BCUT2D eigenvalue weighted by Crippen LogP contribution is 2.28. The van der Waals surface area contributed by atoms with E-state index in [4.69, 9.17) is 0 Å². The maximum absolute atomic E-state index is 12.7. The van der Waals surface area contributed by atoms with Gasteiger partial charge in [-0.1, -0.05) is 0 Å². The van der Waals surface area contributed by atoms with Crippen molar-refractivity contribution in [1.29, 1.82) is 0 Å². The topological polar surface area (TPSA) is 116 Å². The molecule has 9 nitrogen and oxygen atoms in total. The fraction of sp³-hybridized carbons (Fsp3) is 0.737. The summed E-state index contributed by atoms with van der Waals surface area (Å²) in [6.07, 6.45) is 0.807. The lowest BCUT2D eigenvalue weighted by atomic mass is 10.4. The van der Waals surface area contributed by atoms with Gasteiger partial charge in [-0.25, -0.2) is 0 Å². The van der Waals surface area contributed by atoms with Gasteiger partial charge in [-0.05, 0) is 0 Å². The predicted octanol–water partition coefficient (Wildman–Crippen LogP) is 1.37. The number of nitrogens with zero attached hydrogens (tertiary/aromatic N) is 1. The average Bonchev–Trinajstić information content (AvgIpc) is 3.03. The van der Waals surface area contributed by atoms with E-state index in [2.05, 4.69) is 14.2 Å². The number of carbonyl (C=O) groups excluding carboxylic acids is 5. The zero-order valence-electron chi connectivity index (χ0n) is 18.0. The lowest BCUT2D eigenvalue weighted by Crippen LogP contribution is -2.38. The van der Waals surface area contributed by atoms with Crippen LogP contribution in [0.25, 0.3) is 0 Å². The van der Waals surface area contributed by atoms with Crippen molar-refractivity contribution in [2.45, 2.75) is 36.2 Å². The lowest BCUT2D eigenvalue weighted by Gasteiger charge is -2.22. The molecule has 2 atom stereocenters. The van der Waals surface area contributed by atoms with Crippen LogP contribution in [0.1, 0.15) is 25.7 Å². The number of methoxy groups -OCH3 is 3. The Labute approximate surface area is 195 Å². The van der Waals surface area contributed by atoms with Crippen molar-refractivity contribution in [3.8, 4) is 0 Å². The minimum Gasteiger partial charge on any atom is -0.469 e. The van der Waals surface area contributed by atoms with Crippen LogP contribution >= 0.6 is 35.3 Å². The molecule has 2 unspecified atom stereocenters. The van der Waals surface area contributed by atoms with Crippen LogP contribution in [-0.4, -0.2) is 96.0 Å². The van der Waals surface area contributed by atoms with E-state index in [1.807, 2.05) is 0 Å². The Morgan fingerprint density at radius 2 is 1.48 bits per heavy atom. The van der Waals surface area contributed by atoms with E-state index in [9.17, 15) is 24.0 Å². The molecule has 1 heterocycles. The van der Waals surface area contributed by atoms with Gasteiger partial charge in [0.05, 0.1) is 45.8 Å². The fourth-order valence-corrected chi connectivity index (χ4v) is 6.09. The highest BCUT2D eigenvalue weighted by molar-refractivity contribution is 8.03. The standard InChI is InChI=1S/C19H29NO8S3/c1-26-16(22)4-7-29-12-13(30-8-5-17(23)27-2)11-20-15(21)10-14(19(20)25)31-9-6-18(24)28-3/h13-14H,4-12H2,1-3H3. The summed E-state index contributed by atoms with van der Waals surface area (Å²) in [6, 6.07) is 0. The van der Waals surface area contributed by atoms with E-state index in [0.717, 1.165) is 0 Å². The number of imide groups is 1. The van der Waals surface area contributed by atoms with Gasteiger partial charge in [0.15, 0.2) is 0 Å². The number of hydrogen-bond acceptors (Lipinski definition) is 11. The molecule has 0 N–H and O–H groups in total. The van der Waals surface area contributed by atoms with E-state index < -0.39 is 5.25 Å². The van der Waals surface area contributed by atoms with Crippen LogP contribution in [0.4, 0.5) is 0 Å². The SMILES string of the molecule is COC(=O)CCSCC(CN1C(=O)CC(SCCC(=O)OC)C1=O)SCCC(=O)OC. The first kappa shape index (κ1) is 27.6. The predicted molar refractivity (Wildman–Crippen MR) is 121 cm³/mol. The van der Waals surface area contributed by atoms with E-state index in [1.54, 1.807) is 0 Å². The van der Waals surface area contributed by atoms with Crippen LogP contribution in [0.5, 0.6) is 0 Å². The molecule has 1 aliphatic rings. The Balaban J connectivity index is 2.60. The summed E-state index contributed by atoms with van der Waals surface area (Å²) in [5.41, 5.74) is 0. The fourth-order valence-electron chi connectivity index (χ4n) is 2.60. The minimum atomic E-state index is -0.496. The van der Waals surface area contributed by atoms with Crippen molar-refractivity contribution in [2.75, 3.05) is 50.9 Å². The smallest absolute Gasteiger partial charge is 0.306 e. The maximum atomic E-state index is 12.7. The third-order valence-corrected chi connectivity index (χ3v) is 8.09. The number of carbonyl (C=O) groups is 5. The minimum absolute atomic E-state index is 0.0842. The number of esters is 3. The molecule has 0 spiro atoms. The van der Waals surface area contributed by atoms with E-state index >= 15 is 0 Å². The summed E-state index contributed by atoms with van der Waals surface area (Å²) in [6.45, 7) is 0.239. The van der Waals surface area contributed by atoms with Crippen molar-refractivity contribution >= 4 is 65.0 Å². The normalized spacial score (nSPS) is 16.9. The largest absolute Gasteiger partial charge is 0.469 e. The molecule has 12 heteroatoms. The summed E-state index contributed by atoms with van der Waals surface area (Å²) < 4.78 is 13.9.